The van der Waals surface area contributed by atoms with Gasteiger partial charge >= 0.3 is 13.2 Å². The van der Waals surface area contributed by atoms with Gasteiger partial charge in [0.15, 0.2) is 0 Å². The van der Waals surface area contributed by atoms with Crippen molar-refractivity contribution in [3.05, 3.63) is 29.8 Å². The molecule has 1 aromatic rings. The van der Waals surface area contributed by atoms with E-state index in [1.807, 2.05) is 72.7 Å². The molecule has 2 aliphatic rings. The fraction of sp³-hybridized carbons (Fsp3) is 0.650. The summed E-state index contributed by atoms with van der Waals surface area (Å²) in [5, 5.41) is 10.8. The van der Waals surface area contributed by atoms with Crippen LogP contribution in [0.15, 0.2) is 24.3 Å². The zero-order valence-electron chi connectivity index (χ0n) is 17.3. The van der Waals surface area contributed by atoms with Gasteiger partial charge < -0.3 is 24.1 Å². The number of β-amino-alcohol motifs (C(OH)–C–C–N with tert-alkyl or cyclic N) is 1. The van der Waals surface area contributed by atoms with Gasteiger partial charge in [-0.15, -0.1) is 0 Å². The van der Waals surface area contributed by atoms with E-state index in [4.69, 9.17) is 14.0 Å². The molecule has 2 saturated heterocycles. The number of amides is 1. The molecule has 1 aromatic carbocycles. The highest BCUT2D eigenvalue weighted by Gasteiger charge is 2.52. The Morgan fingerprint density at radius 1 is 1.07 bits per heavy atom. The second-order valence-corrected chi connectivity index (χ2v) is 9.58. The minimum absolute atomic E-state index is 0.220. The largest absolute Gasteiger partial charge is 0.494 e. The third kappa shape index (κ3) is 3.86. The molecule has 1 N–H and O–H groups in total. The number of carbonyl (C=O) groups is 1. The van der Waals surface area contributed by atoms with Crippen LogP contribution in [-0.4, -0.2) is 53.1 Å². The van der Waals surface area contributed by atoms with Crippen LogP contribution in [0.3, 0.4) is 0 Å². The van der Waals surface area contributed by atoms with Crippen LogP contribution in [0.25, 0.3) is 0 Å². The van der Waals surface area contributed by atoms with Crippen LogP contribution in [0.2, 0.25) is 0 Å². The van der Waals surface area contributed by atoms with E-state index < -0.39 is 35.6 Å². The summed E-state index contributed by atoms with van der Waals surface area (Å²) >= 11 is 0. The van der Waals surface area contributed by atoms with Crippen LogP contribution in [0.4, 0.5) is 4.79 Å². The molecular weight excluding hydrogens is 345 g/mol. The number of likely N-dealkylation sites (tertiary alicyclic amines) is 1. The Balaban J connectivity index is 1.64. The lowest BCUT2D eigenvalue weighted by Gasteiger charge is -2.46. The molecule has 6 nitrogen and oxygen atoms in total. The lowest BCUT2D eigenvalue weighted by Crippen LogP contribution is -2.62. The van der Waals surface area contributed by atoms with E-state index in [1.165, 1.54) is 4.90 Å². The highest BCUT2D eigenvalue weighted by atomic mass is 16.7. The molecule has 2 aliphatic heterocycles. The highest BCUT2D eigenvalue weighted by molar-refractivity contribution is 6.62. The van der Waals surface area contributed by atoms with E-state index in [2.05, 4.69) is 0 Å². The summed E-state index contributed by atoms with van der Waals surface area (Å²) in [6, 6.07) is 7.55. The van der Waals surface area contributed by atoms with E-state index in [0.717, 1.165) is 11.0 Å². The van der Waals surface area contributed by atoms with Gasteiger partial charge in [0.25, 0.3) is 0 Å². The van der Waals surface area contributed by atoms with Gasteiger partial charge in [-0.3, -0.25) is 0 Å². The predicted octanol–water partition coefficient (Wildman–Crippen LogP) is 2.42. The van der Waals surface area contributed by atoms with E-state index in [1.54, 1.807) is 0 Å². The Labute approximate surface area is 161 Å². The van der Waals surface area contributed by atoms with Crippen LogP contribution in [0.5, 0.6) is 0 Å². The van der Waals surface area contributed by atoms with E-state index >= 15 is 0 Å². The smallest absolute Gasteiger partial charge is 0.444 e. The average molecular weight is 375 g/mol. The molecule has 0 radical (unpaired) electrons. The third-order valence-electron chi connectivity index (χ3n) is 5.53. The van der Waals surface area contributed by atoms with Crippen molar-refractivity contribution in [3.63, 3.8) is 0 Å². The molecule has 27 heavy (non-hydrogen) atoms. The summed E-state index contributed by atoms with van der Waals surface area (Å²) in [5.41, 5.74) is -0.708. The summed E-state index contributed by atoms with van der Waals surface area (Å²) in [4.78, 5) is 13.6. The standard InChI is InChI=1S/C20H30BNO5/c1-17(2,3)25-16(23)22-12-20(24,13-22)14-8-10-15(11-9-14)21-26-18(4,5)19(6,7)27-21/h8-11,24H,12-13H2,1-7H3. The fourth-order valence-corrected chi connectivity index (χ4v) is 3.15. The number of hydrogen-bond donors (Lipinski definition) is 1. The Morgan fingerprint density at radius 2 is 1.56 bits per heavy atom. The van der Waals surface area contributed by atoms with Crippen molar-refractivity contribution in [2.45, 2.75) is 70.9 Å². The zero-order chi connectivity index (χ0) is 20.3. The SMILES string of the molecule is CC(C)(C)OC(=O)N1CC(O)(c2ccc(B3OC(C)(C)C(C)(C)O3)cc2)C1. The molecule has 0 atom stereocenters. The van der Waals surface area contributed by atoms with Crippen molar-refractivity contribution < 1.29 is 23.9 Å². The fourth-order valence-electron chi connectivity index (χ4n) is 3.15. The van der Waals surface area contributed by atoms with Crippen molar-refractivity contribution in [2.75, 3.05) is 13.1 Å². The second kappa shape index (κ2) is 6.22. The first-order chi connectivity index (χ1) is 12.2. The number of ether oxygens (including phenoxy) is 1. The van der Waals surface area contributed by atoms with Gasteiger partial charge in [-0.05, 0) is 59.5 Å². The number of aliphatic hydroxyl groups is 1. The van der Waals surface area contributed by atoms with Gasteiger partial charge in [-0.2, -0.15) is 0 Å². The molecule has 0 saturated carbocycles. The topological polar surface area (TPSA) is 68.2 Å². The summed E-state index contributed by atoms with van der Waals surface area (Å²) in [6.07, 6.45) is -0.402. The van der Waals surface area contributed by atoms with E-state index in [-0.39, 0.29) is 13.1 Å². The lowest BCUT2D eigenvalue weighted by molar-refractivity contribution is -0.103. The summed E-state index contributed by atoms with van der Waals surface area (Å²) in [5.74, 6) is 0. The third-order valence-corrected chi connectivity index (χ3v) is 5.53. The molecule has 1 amide bonds. The monoisotopic (exact) mass is 375 g/mol. The molecule has 0 spiro atoms. The first-order valence-electron chi connectivity index (χ1n) is 9.39. The molecule has 0 aliphatic carbocycles. The van der Waals surface area contributed by atoms with E-state index in [0.29, 0.717) is 0 Å². The van der Waals surface area contributed by atoms with Gasteiger partial charge in [0.1, 0.15) is 11.2 Å². The predicted molar refractivity (Wildman–Crippen MR) is 104 cm³/mol. The lowest BCUT2D eigenvalue weighted by atomic mass is 9.77. The molecule has 0 bridgehead atoms. The average Bonchev–Trinajstić information content (AvgIpc) is 2.70. The minimum atomic E-state index is -1.05. The molecule has 0 unspecified atom stereocenters. The number of benzene rings is 1. The van der Waals surface area contributed by atoms with E-state index in [9.17, 15) is 9.90 Å². The number of nitrogens with zero attached hydrogens (tertiary/aromatic N) is 1. The number of carbonyl (C=O) groups excluding carboxylic acids is 1. The van der Waals surface area contributed by atoms with Gasteiger partial charge in [0, 0.05) is 0 Å². The molecule has 7 heteroatoms. The Morgan fingerprint density at radius 3 is 2.00 bits per heavy atom. The molecule has 3 rings (SSSR count). The van der Waals surface area contributed by atoms with Gasteiger partial charge in [-0.25, -0.2) is 4.79 Å². The maximum absolute atomic E-state index is 12.1. The van der Waals surface area contributed by atoms with Crippen molar-refractivity contribution in [2.24, 2.45) is 0 Å². The van der Waals surface area contributed by atoms with Crippen LogP contribution >= 0.6 is 0 Å². The van der Waals surface area contributed by atoms with Crippen molar-refractivity contribution in [3.8, 4) is 0 Å². The molecule has 0 aromatic heterocycles. The van der Waals surface area contributed by atoms with Gasteiger partial charge in [0.05, 0.1) is 24.3 Å². The molecular formula is C20H30BNO5. The maximum atomic E-state index is 12.1. The molecule has 2 heterocycles. The summed E-state index contributed by atoms with van der Waals surface area (Å²) < 4.78 is 17.5. The zero-order valence-corrected chi connectivity index (χ0v) is 17.3. The minimum Gasteiger partial charge on any atom is -0.444 e. The van der Waals surface area contributed by atoms with Crippen LogP contribution < -0.4 is 5.46 Å². The first-order valence-corrected chi connectivity index (χ1v) is 9.39. The van der Waals surface area contributed by atoms with Crippen molar-refractivity contribution in [1.29, 1.82) is 0 Å². The van der Waals surface area contributed by atoms with Crippen molar-refractivity contribution in [1.82, 2.24) is 4.90 Å². The first kappa shape index (κ1) is 20.2. The molecule has 148 valence electrons. The summed E-state index contributed by atoms with van der Waals surface area (Å²) in [6.45, 7) is 14.0. The molecule has 2 fully saturated rings. The van der Waals surface area contributed by atoms with Gasteiger partial charge in [0.2, 0.25) is 0 Å². The maximum Gasteiger partial charge on any atom is 0.494 e. The Hall–Kier alpha value is -1.57. The van der Waals surface area contributed by atoms with Gasteiger partial charge in [-0.1, -0.05) is 24.3 Å². The van der Waals surface area contributed by atoms with Crippen LogP contribution in [0.1, 0.15) is 54.0 Å². The normalized spacial score (nSPS) is 23.1. The van der Waals surface area contributed by atoms with Crippen LogP contribution in [-0.2, 0) is 19.6 Å². The van der Waals surface area contributed by atoms with Crippen molar-refractivity contribution >= 4 is 18.7 Å². The Kier molecular flexibility index (Phi) is 4.65. The second-order valence-electron chi connectivity index (χ2n) is 9.58. The quantitative estimate of drug-likeness (QED) is 0.805. The highest BCUT2D eigenvalue weighted by Crippen LogP contribution is 2.37. The number of rotatable bonds is 2. The Bertz CT molecular complexity index is 701. The number of hydrogen-bond acceptors (Lipinski definition) is 5. The van der Waals surface area contributed by atoms with Crippen LogP contribution in [0, 0.1) is 0 Å². The summed E-state index contributed by atoms with van der Waals surface area (Å²) in [7, 11) is -0.432.